The standard InChI is InChI=1S/C12H16ClFN2O2S.ClH/c1-8-7-16(9(2)6-15-8)19(17,18)11-5-3-4-10(13)12(11)14;/h3-5,8-9,15H,6-7H2,1-2H3;1H. The molecule has 1 aromatic carbocycles. The molecule has 0 radical (unpaired) electrons. The third-order valence-electron chi connectivity index (χ3n) is 3.21. The molecule has 2 unspecified atom stereocenters. The van der Waals surface area contributed by atoms with Crippen LogP contribution in [0.3, 0.4) is 0 Å². The number of hydrogen-bond acceptors (Lipinski definition) is 3. The van der Waals surface area contributed by atoms with Gasteiger partial charge in [-0.05, 0) is 26.0 Å². The van der Waals surface area contributed by atoms with Gasteiger partial charge in [0.2, 0.25) is 10.0 Å². The normalized spacial score (nSPS) is 24.2. The van der Waals surface area contributed by atoms with Gasteiger partial charge in [0.05, 0.1) is 5.02 Å². The Balaban J connectivity index is 0.00000200. The van der Waals surface area contributed by atoms with Gasteiger partial charge in [-0.2, -0.15) is 4.31 Å². The van der Waals surface area contributed by atoms with Crippen molar-refractivity contribution in [1.82, 2.24) is 9.62 Å². The molecular formula is C12H17Cl2FN2O2S. The molecule has 2 atom stereocenters. The first-order valence-corrected chi connectivity index (χ1v) is 7.85. The monoisotopic (exact) mass is 342 g/mol. The summed E-state index contributed by atoms with van der Waals surface area (Å²) in [5.41, 5.74) is 0. The summed E-state index contributed by atoms with van der Waals surface area (Å²) in [5.74, 6) is -0.887. The summed E-state index contributed by atoms with van der Waals surface area (Å²) in [6.07, 6.45) is 0. The molecule has 8 heteroatoms. The van der Waals surface area contributed by atoms with Crippen molar-refractivity contribution in [2.24, 2.45) is 0 Å². The highest BCUT2D eigenvalue weighted by Gasteiger charge is 2.35. The van der Waals surface area contributed by atoms with Crippen LogP contribution in [0.2, 0.25) is 5.02 Å². The van der Waals surface area contributed by atoms with Gasteiger partial charge in [-0.25, -0.2) is 12.8 Å². The summed E-state index contributed by atoms with van der Waals surface area (Å²) in [6.45, 7) is 4.54. The highest BCUT2D eigenvalue weighted by atomic mass is 35.5. The number of nitrogens with zero attached hydrogens (tertiary/aromatic N) is 1. The van der Waals surface area contributed by atoms with E-state index in [1.807, 2.05) is 6.92 Å². The van der Waals surface area contributed by atoms with Crippen molar-refractivity contribution in [2.45, 2.75) is 30.8 Å². The minimum atomic E-state index is -3.86. The van der Waals surface area contributed by atoms with Crippen LogP contribution in [-0.4, -0.2) is 37.9 Å². The SMILES string of the molecule is CC1CN(S(=O)(=O)c2cccc(Cl)c2F)C(C)CN1.Cl. The van der Waals surface area contributed by atoms with Crippen molar-refractivity contribution in [3.63, 3.8) is 0 Å². The van der Waals surface area contributed by atoms with E-state index < -0.39 is 15.8 Å². The fourth-order valence-electron chi connectivity index (χ4n) is 2.13. The largest absolute Gasteiger partial charge is 0.311 e. The Labute approximate surface area is 129 Å². The second-order valence-electron chi connectivity index (χ2n) is 4.78. The fraction of sp³-hybridized carbons (Fsp3) is 0.500. The van der Waals surface area contributed by atoms with E-state index in [1.54, 1.807) is 6.92 Å². The molecule has 1 fully saturated rings. The van der Waals surface area contributed by atoms with Gasteiger partial charge in [-0.3, -0.25) is 0 Å². The van der Waals surface area contributed by atoms with Crippen molar-refractivity contribution < 1.29 is 12.8 Å². The number of hydrogen-bond donors (Lipinski definition) is 1. The molecule has 1 aliphatic heterocycles. The van der Waals surface area contributed by atoms with E-state index in [9.17, 15) is 12.8 Å². The Kier molecular flexibility index (Phi) is 5.80. The van der Waals surface area contributed by atoms with Crippen LogP contribution < -0.4 is 5.32 Å². The predicted octanol–water partition coefficient (Wildman–Crippen LogP) is 2.27. The van der Waals surface area contributed by atoms with Gasteiger partial charge < -0.3 is 5.32 Å². The maximum absolute atomic E-state index is 13.9. The molecule has 1 aromatic rings. The van der Waals surface area contributed by atoms with Crippen LogP contribution in [-0.2, 0) is 10.0 Å². The lowest BCUT2D eigenvalue weighted by atomic mass is 10.2. The molecule has 0 aromatic heterocycles. The molecule has 1 N–H and O–H groups in total. The van der Waals surface area contributed by atoms with Crippen molar-refractivity contribution >= 4 is 34.0 Å². The first kappa shape index (κ1) is 17.7. The molecular weight excluding hydrogens is 326 g/mol. The van der Waals surface area contributed by atoms with Gasteiger partial charge in [-0.15, -0.1) is 12.4 Å². The molecule has 1 aliphatic rings. The molecule has 0 amide bonds. The lowest BCUT2D eigenvalue weighted by Crippen LogP contribution is -2.56. The molecule has 114 valence electrons. The average Bonchev–Trinajstić information content (AvgIpc) is 2.35. The number of halogens is 3. The Morgan fingerprint density at radius 2 is 2.05 bits per heavy atom. The fourth-order valence-corrected chi connectivity index (χ4v) is 4.17. The summed E-state index contributed by atoms with van der Waals surface area (Å²) >= 11 is 5.65. The zero-order chi connectivity index (χ0) is 14.2. The van der Waals surface area contributed by atoms with Crippen molar-refractivity contribution in [2.75, 3.05) is 13.1 Å². The lowest BCUT2D eigenvalue weighted by molar-refractivity contribution is 0.244. The van der Waals surface area contributed by atoms with E-state index in [4.69, 9.17) is 11.6 Å². The molecule has 1 saturated heterocycles. The van der Waals surface area contributed by atoms with Crippen LogP contribution >= 0.6 is 24.0 Å². The zero-order valence-electron chi connectivity index (χ0n) is 11.1. The highest BCUT2D eigenvalue weighted by Crippen LogP contribution is 2.26. The molecule has 20 heavy (non-hydrogen) atoms. The second-order valence-corrected chi connectivity index (χ2v) is 7.05. The van der Waals surface area contributed by atoms with Crippen molar-refractivity contribution in [3.8, 4) is 0 Å². The first-order valence-electron chi connectivity index (χ1n) is 6.03. The van der Waals surface area contributed by atoms with Crippen LogP contribution in [0.1, 0.15) is 13.8 Å². The number of piperazine rings is 1. The summed E-state index contributed by atoms with van der Waals surface area (Å²) in [6, 6.07) is 3.83. The van der Waals surface area contributed by atoms with Crippen LogP contribution in [0, 0.1) is 5.82 Å². The molecule has 2 rings (SSSR count). The third-order valence-corrected chi connectivity index (χ3v) is 5.50. The Bertz CT molecular complexity index is 583. The van der Waals surface area contributed by atoms with E-state index in [-0.39, 0.29) is 34.4 Å². The predicted molar refractivity (Wildman–Crippen MR) is 79.5 cm³/mol. The van der Waals surface area contributed by atoms with Gasteiger partial charge in [0.15, 0.2) is 5.82 Å². The van der Waals surface area contributed by atoms with Crippen LogP contribution in [0.15, 0.2) is 23.1 Å². The highest BCUT2D eigenvalue weighted by molar-refractivity contribution is 7.89. The minimum Gasteiger partial charge on any atom is -0.311 e. The van der Waals surface area contributed by atoms with E-state index in [1.165, 1.54) is 22.5 Å². The quantitative estimate of drug-likeness (QED) is 0.896. The lowest BCUT2D eigenvalue weighted by Gasteiger charge is -2.36. The van der Waals surface area contributed by atoms with Crippen LogP contribution in [0.25, 0.3) is 0 Å². The summed E-state index contributed by atoms with van der Waals surface area (Å²) in [4.78, 5) is -0.360. The average molecular weight is 343 g/mol. The molecule has 0 aliphatic carbocycles. The number of rotatable bonds is 2. The minimum absolute atomic E-state index is 0. The summed E-state index contributed by atoms with van der Waals surface area (Å²) < 4.78 is 40.3. The topological polar surface area (TPSA) is 49.4 Å². The van der Waals surface area contributed by atoms with Crippen molar-refractivity contribution in [3.05, 3.63) is 29.0 Å². The third kappa shape index (κ3) is 3.26. The maximum Gasteiger partial charge on any atom is 0.246 e. The van der Waals surface area contributed by atoms with Crippen molar-refractivity contribution in [1.29, 1.82) is 0 Å². The van der Waals surface area contributed by atoms with Gasteiger partial charge in [-0.1, -0.05) is 17.7 Å². The maximum atomic E-state index is 13.9. The summed E-state index contributed by atoms with van der Waals surface area (Å²) in [5, 5.41) is 3.00. The number of sulfonamides is 1. The van der Waals surface area contributed by atoms with Gasteiger partial charge in [0.1, 0.15) is 4.90 Å². The van der Waals surface area contributed by atoms with Gasteiger partial charge in [0, 0.05) is 25.2 Å². The smallest absolute Gasteiger partial charge is 0.246 e. The van der Waals surface area contributed by atoms with Gasteiger partial charge in [0.25, 0.3) is 0 Å². The molecule has 0 bridgehead atoms. The molecule has 0 spiro atoms. The zero-order valence-corrected chi connectivity index (χ0v) is 13.5. The Morgan fingerprint density at radius 1 is 1.40 bits per heavy atom. The Morgan fingerprint density at radius 3 is 2.70 bits per heavy atom. The molecule has 4 nitrogen and oxygen atoms in total. The van der Waals surface area contributed by atoms with Crippen LogP contribution in [0.5, 0.6) is 0 Å². The van der Waals surface area contributed by atoms with E-state index in [0.29, 0.717) is 13.1 Å². The van der Waals surface area contributed by atoms with E-state index in [2.05, 4.69) is 5.32 Å². The molecule has 0 saturated carbocycles. The number of benzene rings is 1. The van der Waals surface area contributed by atoms with E-state index in [0.717, 1.165) is 0 Å². The van der Waals surface area contributed by atoms with Gasteiger partial charge >= 0.3 is 0 Å². The first-order chi connectivity index (χ1) is 8.84. The summed E-state index contributed by atoms with van der Waals surface area (Å²) in [7, 11) is -3.86. The second kappa shape index (κ2) is 6.58. The number of nitrogens with one attached hydrogen (secondary N) is 1. The van der Waals surface area contributed by atoms with E-state index >= 15 is 0 Å². The molecule has 1 heterocycles. The van der Waals surface area contributed by atoms with Crippen LogP contribution in [0.4, 0.5) is 4.39 Å². The Hall–Kier alpha value is -0.400.